The Kier molecular flexibility index (Phi) is 7.11. The lowest BCUT2D eigenvalue weighted by atomic mass is 9.67. The van der Waals surface area contributed by atoms with Gasteiger partial charge < -0.3 is 10.2 Å². The number of rotatable bonds is 6. The Hall–Kier alpha value is -5.74. The maximum absolute atomic E-state index is 10.3. The van der Waals surface area contributed by atoms with E-state index in [4.69, 9.17) is 9.98 Å². The molecule has 4 heteroatoms. The Morgan fingerprint density at radius 1 is 0.444 bits per heavy atom. The van der Waals surface area contributed by atoms with Crippen LogP contribution in [-0.4, -0.2) is 21.6 Å². The number of hydrogen-bond donors (Lipinski definition) is 2. The van der Waals surface area contributed by atoms with Crippen molar-refractivity contribution in [3.8, 4) is 22.6 Å². The molecule has 0 aliphatic heterocycles. The predicted molar refractivity (Wildman–Crippen MR) is 184 cm³/mol. The largest absolute Gasteiger partial charge is 0.507 e. The van der Waals surface area contributed by atoms with Gasteiger partial charge in [-0.25, -0.2) is 0 Å². The van der Waals surface area contributed by atoms with Gasteiger partial charge in [-0.1, -0.05) is 97.1 Å². The van der Waals surface area contributed by atoms with Crippen LogP contribution in [0.2, 0.25) is 0 Å². The van der Waals surface area contributed by atoms with Crippen molar-refractivity contribution >= 4 is 22.8 Å². The first-order valence-electron chi connectivity index (χ1n) is 15.0. The predicted octanol–water partition coefficient (Wildman–Crippen LogP) is 9.74. The first-order valence-corrected chi connectivity index (χ1v) is 15.0. The molecule has 7 rings (SSSR count). The molecule has 2 N–H and O–H groups in total. The van der Waals surface area contributed by atoms with Crippen LogP contribution in [0.3, 0.4) is 0 Å². The average molecular weight is 585 g/mol. The van der Waals surface area contributed by atoms with Gasteiger partial charge in [-0.05, 0) is 95.8 Å². The second kappa shape index (κ2) is 11.4. The molecule has 0 fully saturated rings. The van der Waals surface area contributed by atoms with Crippen LogP contribution in [0.4, 0.5) is 11.4 Å². The summed E-state index contributed by atoms with van der Waals surface area (Å²) in [6, 6.07) is 48.8. The van der Waals surface area contributed by atoms with Crippen LogP contribution >= 0.6 is 0 Å². The molecule has 0 spiro atoms. The van der Waals surface area contributed by atoms with Gasteiger partial charge in [0.25, 0.3) is 0 Å². The summed E-state index contributed by atoms with van der Waals surface area (Å²) in [5.74, 6) is 0.439. The fourth-order valence-electron chi connectivity index (χ4n) is 6.66. The van der Waals surface area contributed by atoms with E-state index in [-0.39, 0.29) is 11.5 Å². The van der Waals surface area contributed by atoms with Crippen molar-refractivity contribution in [2.24, 2.45) is 9.98 Å². The molecule has 6 aromatic carbocycles. The van der Waals surface area contributed by atoms with Crippen LogP contribution < -0.4 is 0 Å². The molecule has 0 radical (unpaired) electrons. The number of nitrogens with zero attached hydrogens (tertiary/aromatic N) is 2. The molecule has 4 nitrogen and oxygen atoms in total. The van der Waals surface area contributed by atoms with E-state index in [0.717, 1.165) is 45.1 Å². The Labute approximate surface area is 263 Å². The van der Waals surface area contributed by atoms with Gasteiger partial charge in [0.2, 0.25) is 0 Å². The molecule has 0 saturated heterocycles. The lowest BCUT2D eigenvalue weighted by Crippen LogP contribution is -2.28. The molecule has 0 saturated carbocycles. The van der Waals surface area contributed by atoms with Gasteiger partial charge >= 0.3 is 0 Å². The lowest BCUT2D eigenvalue weighted by Gasteiger charge is -2.34. The Bertz CT molecular complexity index is 1940. The molecule has 0 unspecified atom stereocenters. The highest BCUT2D eigenvalue weighted by Crippen LogP contribution is 2.56. The van der Waals surface area contributed by atoms with Gasteiger partial charge in [0.05, 0.1) is 16.8 Å². The smallest absolute Gasteiger partial charge is 0.124 e. The number of para-hydroxylation sites is 2. The molecule has 218 valence electrons. The van der Waals surface area contributed by atoms with E-state index < -0.39 is 5.41 Å². The number of benzene rings is 6. The molecule has 45 heavy (non-hydrogen) atoms. The zero-order valence-corrected chi connectivity index (χ0v) is 25.1. The van der Waals surface area contributed by atoms with Crippen molar-refractivity contribution < 1.29 is 10.2 Å². The minimum Gasteiger partial charge on any atom is -0.507 e. The summed E-state index contributed by atoms with van der Waals surface area (Å²) in [7, 11) is 0. The molecule has 6 aromatic rings. The minimum absolute atomic E-state index is 0.219. The van der Waals surface area contributed by atoms with Crippen molar-refractivity contribution in [3.05, 3.63) is 179 Å². The minimum atomic E-state index is -0.544. The second-order valence-corrected chi connectivity index (χ2v) is 11.4. The van der Waals surface area contributed by atoms with Gasteiger partial charge in [0.15, 0.2) is 0 Å². The number of aliphatic imine (C=N–C) groups is 2. The summed E-state index contributed by atoms with van der Waals surface area (Å²) in [6.07, 6.45) is 0. The number of phenolic OH excluding ortho intramolecular Hbond substituents is 2. The summed E-state index contributed by atoms with van der Waals surface area (Å²) in [6.45, 7) is 3.83. The third kappa shape index (κ3) is 4.81. The van der Waals surface area contributed by atoms with Gasteiger partial charge in [-0.2, -0.15) is 0 Å². The zero-order chi connectivity index (χ0) is 31.0. The van der Waals surface area contributed by atoms with Crippen LogP contribution in [0, 0.1) is 0 Å². The van der Waals surface area contributed by atoms with Crippen molar-refractivity contribution in [2.75, 3.05) is 0 Å². The fourth-order valence-corrected chi connectivity index (χ4v) is 6.66. The van der Waals surface area contributed by atoms with E-state index in [1.807, 2.05) is 50.2 Å². The Morgan fingerprint density at radius 3 is 1.20 bits per heavy atom. The van der Waals surface area contributed by atoms with Crippen LogP contribution in [0.1, 0.15) is 47.2 Å². The molecule has 1 aliphatic rings. The number of hydrogen-bond acceptors (Lipinski definition) is 4. The van der Waals surface area contributed by atoms with E-state index in [0.29, 0.717) is 0 Å². The van der Waals surface area contributed by atoms with Crippen molar-refractivity contribution in [1.82, 2.24) is 0 Å². The van der Waals surface area contributed by atoms with E-state index in [1.165, 1.54) is 22.3 Å². The maximum Gasteiger partial charge on any atom is 0.124 e. The second-order valence-electron chi connectivity index (χ2n) is 11.4. The molecule has 0 heterocycles. The topological polar surface area (TPSA) is 65.2 Å². The Morgan fingerprint density at radius 2 is 0.800 bits per heavy atom. The molecule has 1 aliphatic carbocycles. The summed E-state index contributed by atoms with van der Waals surface area (Å²) in [5.41, 5.74) is 11.2. The van der Waals surface area contributed by atoms with Crippen LogP contribution in [0.25, 0.3) is 11.1 Å². The van der Waals surface area contributed by atoms with Gasteiger partial charge in [-0.3, -0.25) is 9.98 Å². The summed E-state index contributed by atoms with van der Waals surface area (Å²) >= 11 is 0. The highest BCUT2D eigenvalue weighted by molar-refractivity contribution is 6.03. The van der Waals surface area contributed by atoms with Gasteiger partial charge in [0.1, 0.15) is 11.5 Å². The first kappa shape index (κ1) is 28.1. The average Bonchev–Trinajstić information content (AvgIpc) is 3.37. The number of phenols is 2. The molecule has 0 atom stereocenters. The molecular weight excluding hydrogens is 552 g/mol. The number of aromatic hydroxyl groups is 2. The van der Waals surface area contributed by atoms with Crippen LogP contribution in [0.5, 0.6) is 11.5 Å². The summed E-state index contributed by atoms with van der Waals surface area (Å²) in [5, 5.41) is 20.7. The summed E-state index contributed by atoms with van der Waals surface area (Å²) < 4.78 is 0. The van der Waals surface area contributed by atoms with Crippen molar-refractivity contribution in [3.63, 3.8) is 0 Å². The fraction of sp³-hybridized carbons (Fsp3) is 0.0732. The van der Waals surface area contributed by atoms with E-state index in [1.54, 1.807) is 12.1 Å². The van der Waals surface area contributed by atoms with E-state index >= 15 is 0 Å². The third-order valence-electron chi connectivity index (χ3n) is 8.73. The summed E-state index contributed by atoms with van der Waals surface area (Å²) in [4.78, 5) is 9.67. The SMILES string of the molecule is CC(=Nc1ccc(C2(c3ccc(N=C(C)c4ccccc4O)cc3)c3ccccc3-c3ccccc32)cc1)c1ccccc1O. The molecule has 0 bridgehead atoms. The molecule has 0 aromatic heterocycles. The van der Waals surface area contributed by atoms with E-state index in [2.05, 4.69) is 97.1 Å². The van der Waals surface area contributed by atoms with Crippen LogP contribution in [-0.2, 0) is 5.41 Å². The Balaban J connectivity index is 1.36. The highest BCUT2D eigenvalue weighted by atomic mass is 16.3. The molecular formula is C41H32N2O2. The first-order chi connectivity index (χ1) is 22.0. The van der Waals surface area contributed by atoms with Crippen LogP contribution in [0.15, 0.2) is 156 Å². The van der Waals surface area contributed by atoms with Gasteiger partial charge in [-0.15, -0.1) is 0 Å². The zero-order valence-electron chi connectivity index (χ0n) is 25.1. The van der Waals surface area contributed by atoms with Crippen molar-refractivity contribution in [1.29, 1.82) is 0 Å². The van der Waals surface area contributed by atoms with E-state index in [9.17, 15) is 10.2 Å². The normalized spacial score (nSPS) is 13.7. The standard InChI is InChI=1S/C41H32N2O2/c1-27(33-11-5-9-17-39(33)44)42-31-23-19-29(20-24-31)41(37-15-7-3-13-35(37)36-14-4-8-16-38(36)41)30-21-25-32(26-22-30)43-28(2)34-12-6-10-18-40(34)45/h3-26,44-45H,1-2H3. The monoisotopic (exact) mass is 584 g/mol. The van der Waals surface area contributed by atoms with Crippen molar-refractivity contribution in [2.45, 2.75) is 19.3 Å². The molecule has 0 amide bonds. The quantitative estimate of drug-likeness (QED) is 0.191. The number of fused-ring (bicyclic) bond motifs is 3. The highest BCUT2D eigenvalue weighted by Gasteiger charge is 2.45. The third-order valence-corrected chi connectivity index (χ3v) is 8.73. The van der Waals surface area contributed by atoms with Gasteiger partial charge in [0, 0.05) is 22.6 Å². The lowest BCUT2D eigenvalue weighted by molar-refractivity contribution is 0.473. The maximum atomic E-state index is 10.3.